The van der Waals surface area contributed by atoms with Crippen molar-refractivity contribution in [1.82, 2.24) is 25.1 Å². The van der Waals surface area contributed by atoms with Crippen molar-refractivity contribution in [1.29, 1.82) is 0 Å². The highest BCUT2D eigenvalue weighted by Gasteiger charge is 2.33. The summed E-state index contributed by atoms with van der Waals surface area (Å²) in [6.07, 6.45) is 1.01. The minimum atomic E-state index is -0.153. The molecular formula is C26H36N6O3. The van der Waals surface area contributed by atoms with E-state index in [1.54, 1.807) is 21.3 Å². The van der Waals surface area contributed by atoms with Gasteiger partial charge < -0.3 is 19.1 Å². The molecule has 0 saturated carbocycles. The number of ether oxygens (including phenoxy) is 3. The second-order valence-corrected chi connectivity index (χ2v) is 9.17. The monoisotopic (exact) mass is 480 g/mol. The van der Waals surface area contributed by atoms with E-state index in [-0.39, 0.29) is 6.04 Å². The molecule has 3 aromatic rings. The summed E-state index contributed by atoms with van der Waals surface area (Å²) in [4.78, 5) is 4.84. The van der Waals surface area contributed by atoms with Gasteiger partial charge in [0.15, 0.2) is 5.82 Å². The number of hydrogen-bond donors (Lipinski definition) is 0. The SMILES string of the molecule is COc1ccc(N2CCN(C(c3cc(OC)ccc3OC)c3nnnn3CCC(C)C)CC2)cc1. The number of aromatic nitrogens is 4. The summed E-state index contributed by atoms with van der Waals surface area (Å²) in [5.74, 6) is 3.83. The van der Waals surface area contributed by atoms with Gasteiger partial charge in [0, 0.05) is 44.0 Å². The van der Waals surface area contributed by atoms with Gasteiger partial charge in [-0.1, -0.05) is 13.8 Å². The maximum atomic E-state index is 5.78. The Balaban J connectivity index is 1.64. The van der Waals surface area contributed by atoms with Crippen LogP contribution in [0.2, 0.25) is 0 Å². The van der Waals surface area contributed by atoms with E-state index in [4.69, 9.17) is 14.2 Å². The summed E-state index contributed by atoms with van der Waals surface area (Å²) in [7, 11) is 5.07. The van der Waals surface area contributed by atoms with E-state index in [9.17, 15) is 0 Å². The minimum Gasteiger partial charge on any atom is -0.497 e. The summed E-state index contributed by atoms with van der Waals surface area (Å²) in [6, 6.07) is 14.0. The van der Waals surface area contributed by atoms with Crippen LogP contribution in [0.15, 0.2) is 42.5 Å². The number of methoxy groups -OCH3 is 3. The van der Waals surface area contributed by atoms with Gasteiger partial charge in [0.05, 0.1) is 21.3 Å². The standard InChI is InChI=1S/C26H36N6O3/c1-19(2)12-13-32-26(27-28-29-32)25(23-18-22(34-4)10-11-24(23)35-5)31-16-14-30(15-17-31)20-6-8-21(33-3)9-7-20/h6-11,18-19,25H,12-17H2,1-5H3. The summed E-state index contributed by atoms with van der Waals surface area (Å²) in [5.41, 5.74) is 2.20. The first-order chi connectivity index (χ1) is 17.0. The fraction of sp³-hybridized carbons (Fsp3) is 0.500. The molecule has 9 heteroatoms. The molecule has 1 fully saturated rings. The summed E-state index contributed by atoms with van der Waals surface area (Å²) in [5, 5.41) is 12.9. The maximum Gasteiger partial charge on any atom is 0.173 e. The highest BCUT2D eigenvalue weighted by Crippen LogP contribution is 2.37. The van der Waals surface area contributed by atoms with Gasteiger partial charge in [-0.3, -0.25) is 4.90 Å². The fourth-order valence-electron chi connectivity index (χ4n) is 4.53. The zero-order valence-electron chi connectivity index (χ0n) is 21.3. The van der Waals surface area contributed by atoms with E-state index >= 15 is 0 Å². The Morgan fingerprint density at radius 1 is 0.857 bits per heavy atom. The zero-order valence-corrected chi connectivity index (χ0v) is 21.3. The number of hydrogen-bond acceptors (Lipinski definition) is 8. The van der Waals surface area contributed by atoms with Crippen molar-refractivity contribution >= 4 is 5.69 Å². The van der Waals surface area contributed by atoms with Crippen LogP contribution in [0.25, 0.3) is 0 Å². The summed E-state index contributed by atoms with van der Waals surface area (Å²) >= 11 is 0. The molecule has 188 valence electrons. The second kappa shape index (κ2) is 11.4. The second-order valence-electron chi connectivity index (χ2n) is 9.17. The van der Waals surface area contributed by atoms with Crippen LogP contribution in [0, 0.1) is 5.92 Å². The lowest BCUT2D eigenvalue weighted by molar-refractivity contribution is 0.196. The summed E-state index contributed by atoms with van der Waals surface area (Å²) in [6.45, 7) is 8.69. The quantitative estimate of drug-likeness (QED) is 0.435. The lowest BCUT2D eigenvalue weighted by atomic mass is 10.0. The van der Waals surface area contributed by atoms with Gasteiger partial charge in [-0.15, -0.1) is 5.10 Å². The van der Waals surface area contributed by atoms with Crippen LogP contribution in [-0.4, -0.2) is 72.6 Å². The lowest BCUT2D eigenvalue weighted by Gasteiger charge is -2.40. The van der Waals surface area contributed by atoms with Gasteiger partial charge in [0.25, 0.3) is 0 Å². The van der Waals surface area contributed by atoms with E-state index in [2.05, 4.69) is 51.3 Å². The number of benzene rings is 2. The molecule has 0 aliphatic carbocycles. The Kier molecular flexibility index (Phi) is 8.07. The first kappa shape index (κ1) is 24.8. The Morgan fingerprint density at radius 3 is 2.17 bits per heavy atom. The van der Waals surface area contributed by atoms with E-state index in [0.29, 0.717) is 5.92 Å². The van der Waals surface area contributed by atoms with E-state index in [0.717, 1.165) is 67.8 Å². The van der Waals surface area contributed by atoms with Crippen molar-refractivity contribution in [2.45, 2.75) is 32.9 Å². The van der Waals surface area contributed by atoms with E-state index in [1.165, 1.54) is 5.69 Å². The number of piperazine rings is 1. The van der Waals surface area contributed by atoms with Crippen molar-refractivity contribution in [3.05, 3.63) is 53.9 Å². The molecule has 1 saturated heterocycles. The van der Waals surface area contributed by atoms with Crippen LogP contribution in [0.5, 0.6) is 17.2 Å². The van der Waals surface area contributed by atoms with Gasteiger partial charge >= 0.3 is 0 Å². The highest BCUT2D eigenvalue weighted by molar-refractivity contribution is 5.50. The van der Waals surface area contributed by atoms with Gasteiger partial charge in [-0.25, -0.2) is 4.68 Å². The van der Waals surface area contributed by atoms with Gasteiger partial charge in [0.2, 0.25) is 0 Å². The van der Waals surface area contributed by atoms with Crippen molar-refractivity contribution < 1.29 is 14.2 Å². The van der Waals surface area contributed by atoms with Crippen molar-refractivity contribution in [3.63, 3.8) is 0 Å². The smallest absolute Gasteiger partial charge is 0.173 e. The predicted molar refractivity (Wildman–Crippen MR) is 135 cm³/mol. The molecule has 9 nitrogen and oxygen atoms in total. The topological polar surface area (TPSA) is 77.8 Å². The number of rotatable bonds is 10. The molecule has 0 bridgehead atoms. The number of aryl methyl sites for hydroxylation is 1. The Labute approximate surface area is 207 Å². The molecule has 0 amide bonds. The third kappa shape index (κ3) is 5.67. The largest absolute Gasteiger partial charge is 0.497 e. The van der Waals surface area contributed by atoms with Crippen LogP contribution >= 0.6 is 0 Å². The lowest BCUT2D eigenvalue weighted by Crippen LogP contribution is -2.48. The zero-order chi connectivity index (χ0) is 24.8. The molecule has 1 aromatic heterocycles. The van der Waals surface area contributed by atoms with Crippen LogP contribution < -0.4 is 19.1 Å². The molecule has 4 rings (SSSR count). The third-order valence-electron chi connectivity index (χ3n) is 6.57. The molecule has 2 aromatic carbocycles. The molecule has 1 aliphatic rings. The maximum absolute atomic E-state index is 5.78. The average Bonchev–Trinajstić information content (AvgIpc) is 3.36. The number of tetrazole rings is 1. The molecule has 2 heterocycles. The van der Waals surface area contributed by atoms with E-state index in [1.807, 2.05) is 35.0 Å². The van der Waals surface area contributed by atoms with Crippen LogP contribution in [0.1, 0.15) is 37.7 Å². The number of anilines is 1. The third-order valence-corrected chi connectivity index (χ3v) is 6.57. The summed E-state index contributed by atoms with van der Waals surface area (Å²) < 4.78 is 18.6. The molecule has 0 radical (unpaired) electrons. The molecular weight excluding hydrogens is 444 g/mol. The minimum absolute atomic E-state index is 0.153. The van der Waals surface area contributed by atoms with Gasteiger partial charge in [0.1, 0.15) is 23.3 Å². The molecule has 0 N–H and O–H groups in total. The molecule has 0 spiro atoms. The Bertz CT molecular complexity index is 1080. The Hall–Kier alpha value is -3.33. The highest BCUT2D eigenvalue weighted by atomic mass is 16.5. The molecule has 1 aliphatic heterocycles. The van der Waals surface area contributed by atoms with Crippen LogP contribution in [-0.2, 0) is 6.54 Å². The Morgan fingerprint density at radius 2 is 1.54 bits per heavy atom. The van der Waals surface area contributed by atoms with Crippen molar-refractivity contribution in [3.8, 4) is 17.2 Å². The van der Waals surface area contributed by atoms with E-state index < -0.39 is 0 Å². The normalized spacial score (nSPS) is 15.3. The molecule has 1 unspecified atom stereocenters. The molecule has 35 heavy (non-hydrogen) atoms. The van der Waals surface area contributed by atoms with Crippen LogP contribution in [0.4, 0.5) is 5.69 Å². The van der Waals surface area contributed by atoms with Crippen LogP contribution in [0.3, 0.4) is 0 Å². The van der Waals surface area contributed by atoms with Gasteiger partial charge in [-0.05, 0) is 65.2 Å². The van der Waals surface area contributed by atoms with Crippen molar-refractivity contribution in [2.24, 2.45) is 5.92 Å². The number of nitrogens with zero attached hydrogens (tertiary/aromatic N) is 6. The molecule has 1 atom stereocenters. The first-order valence-corrected chi connectivity index (χ1v) is 12.1. The fourth-order valence-corrected chi connectivity index (χ4v) is 4.53. The van der Waals surface area contributed by atoms with Crippen molar-refractivity contribution in [2.75, 3.05) is 52.4 Å². The predicted octanol–water partition coefficient (Wildman–Crippen LogP) is 3.66. The first-order valence-electron chi connectivity index (χ1n) is 12.1. The average molecular weight is 481 g/mol. The van der Waals surface area contributed by atoms with Gasteiger partial charge in [-0.2, -0.15) is 0 Å².